The number of nitrogens with two attached hydrogens (primary N) is 1. The van der Waals surface area contributed by atoms with Gasteiger partial charge in [0.25, 0.3) is 0 Å². The summed E-state index contributed by atoms with van der Waals surface area (Å²) >= 11 is 0. The van der Waals surface area contributed by atoms with E-state index in [9.17, 15) is 4.79 Å². The quantitative estimate of drug-likeness (QED) is 0.246. The molecule has 1 atom stereocenters. The Morgan fingerprint density at radius 1 is 1.50 bits per heavy atom. The first kappa shape index (κ1) is 12.6. The van der Waals surface area contributed by atoms with E-state index in [0.717, 1.165) is 12.8 Å². The van der Waals surface area contributed by atoms with Gasteiger partial charge >= 0.3 is 6.03 Å². The maximum absolute atomic E-state index is 11.6. The molecule has 1 unspecified atom stereocenters. The minimum Gasteiger partial charge on any atom is -0.409 e. The Labute approximate surface area is 95.3 Å². The molecule has 5 N–H and O–H groups in total. The van der Waals surface area contributed by atoms with E-state index in [0.29, 0.717) is 5.92 Å². The summed E-state index contributed by atoms with van der Waals surface area (Å²) in [6.07, 6.45) is 1.99. The lowest BCUT2D eigenvalue weighted by atomic mass is 10.1. The third-order valence-corrected chi connectivity index (χ3v) is 2.30. The van der Waals surface area contributed by atoms with Crippen molar-refractivity contribution in [1.82, 2.24) is 10.6 Å². The van der Waals surface area contributed by atoms with Crippen molar-refractivity contribution in [2.24, 2.45) is 16.8 Å². The zero-order chi connectivity index (χ0) is 12.3. The van der Waals surface area contributed by atoms with E-state index in [1.165, 1.54) is 0 Å². The third-order valence-electron chi connectivity index (χ3n) is 2.30. The maximum atomic E-state index is 11.6. The standard InChI is InChI=1S/C10H20N4O2/c1-10(2,3)13-9(15)12-7(6-4-5-6)8(11)14-16/h6-7,16H,4-5H2,1-3H3,(H2,11,14)(H2,12,13,15). The van der Waals surface area contributed by atoms with Crippen LogP contribution < -0.4 is 16.4 Å². The van der Waals surface area contributed by atoms with E-state index in [2.05, 4.69) is 15.8 Å². The Bertz CT molecular complexity index is 292. The topological polar surface area (TPSA) is 99.7 Å². The molecule has 1 fully saturated rings. The zero-order valence-electron chi connectivity index (χ0n) is 9.95. The molecule has 6 heteroatoms. The summed E-state index contributed by atoms with van der Waals surface area (Å²) in [5.41, 5.74) is 5.23. The van der Waals surface area contributed by atoms with Crippen LogP contribution in [0.25, 0.3) is 0 Å². The molecule has 16 heavy (non-hydrogen) atoms. The number of amidine groups is 1. The third kappa shape index (κ3) is 3.96. The molecule has 1 aliphatic carbocycles. The van der Waals surface area contributed by atoms with Gasteiger partial charge in [-0.05, 0) is 39.5 Å². The summed E-state index contributed by atoms with van der Waals surface area (Å²) in [5.74, 6) is 0.355. The summed E-state index contributed by atoms with van der Waals surface area (Å²) in [5, 5.41) is 17.1. The zero-order valence-corrected chi connectivity index (χ0v) is 9.95. The Morgan fingerprint density at radius 3 is 2.44 bits per heavy atom. The molecule has 92 valence electrons. The molecule has 0 aromatic rings. The van der Waals surface area contributed by atoms with Gasteiger partial charge in [-0.25, -0.2) is 4.79 Å². The summed E-state index contributed by atoms with van der Waals surface area (Å²) in [4.78, 5) is 11.6. The molecule has 6 nitrogen and oxygen atoms in total. The number of hydrogen-bond acceptors (Lipinski definition) is 3. The number of carbonyl (C=O) groups excluding carboxylic acids is 1. The van der Waals surface area contributed by atoms with E-state index in [1.54, 1.807) is 0 Å². The van der Waals surface area contributed by atoms with Gasteiger partial charge in [0.05, 0.1) is 6.04 Å². The molecule has 1 aliphatic rings. The fourth-order valence-corrected chi connectivity index (χ4v) is 1.44. The van der Waals surface area contributed by atoms with Crippen LogP contribution >= 0.6 is 0 Å². The molecule has 0 aliphatic heterocycles. The number of urea groups is 1. The first-order valence-corrected chi connectivity index (χ1v) is 5.39. The average molecular weight is 228 g/mol. The van der Waals surface area contributed by atoms with Gasteiger partial charge in [-0.3, -0.25) is 0 Å². The molecule has 1 saturated carbocycles. The van der Waals surface area contributed by atoms with Crippen molar-refractivity contribution >= 4 is 11.9 Å². The second-order valence-corrected chi connectivity index (χ2v) is 5.19. The summed E-state index contributed by atoms with van der Waals surface area (Å²) in [7, 11) is 0. The largest absolute Gasteiger partial charge is 0.409 e. The lowest BCUT2D eigenvalue weighted by molar-refractivity contribution is 0.229. The van der Waals surface area contributed by atoms with Crippen molar-refractivity contribution in [2.75, 3.05) is 0 Å². The predicted octanol–water partition coefficient (Wildman–Crippen LogP) is 0.609. The molecule has 1 rings (SSSR count). The lowest BCUT2D eigenvalue weighted by Gasteiger charge is -2.23. The van der Waals surface area contributed by atoms with Crippen LogP contribution in [0.2, 0.25) is 0 Å². The highest BCUT2D eigenvalue weighted by molar-refractivity contribution is 5.90. The highest BCUT2D eigenvalue weighted by atomic mass is 16.4. The molecule has 0 aromatic carbocycles. The van der Waals surface area contributed by atoms with Crippen LogP contribution in [0, 0.1) is 5.92 Å². The van der Waals surface area contributed by atoms with E-state index in [4.69, 9.17) is 10.9 Å². The average Bonchev–Trinajstić information content (AvgIpc) is 2.93. The normalized spacial score (nSPS) is 19.1. The minimum atomic E-state index is -0.368. The van der Waals surface area contributed by atoms with Gasteiger partial charge in [0, 0.05) is 5.54 Å². The van der Waals surface area contributed by atoms with E-state index < -0.39 is 0 Å². The fourth-order valence-electron chi connectivity index (χ4n) is 1.44. The number of rotatable bonds is 3. The first-order valence-electron chi connectivity index (χ1n) is 5.39. The minimum absolute atomic E-state index is 0.0616. The van der Waals surface area contributed by atoms with Gasteiger partial charge in [0.1, 0.15) is 0 Å². The number of oxime groups is 1. The molecular weight excluding hydrogens is 208 g/mol. The Balaban J connectivity index is 2.52. The fraction of sp³-hybridized carbons (Fsp3) is 0.800. The molecule has 0 bridgehead atoms. The molecule has 2 amide bonds. The number of nitrogens with zero attached hydrogens (tertiary/aromatic N) is 1. The number of carbonyl (C=O) groups is 1. The van der Waals surface area contributed by atoms with Gasteiger partial charge < -0.3 is 21.6 Å². The second-order valence-electron chi connectivity index (χ2n) is 5.19. The van der Waals surface area contributed by atoms with Crippen LogP contribution in [-0.2, 0) is 0 Å². The van der Waals surface area contributed by atoms with Crippen LogP contribution in [0.15, 0.2) is 5.16 Å². The van der Waals surface area contributed by atoms with Crippen molar-refractivity contribution in [1.29, 1.82) is 0 Å². The molecule has 0 radical (unpaired) electrons. The van der Waals surface area contributed by atoms with Gasteiger partial charge in [-0.1, -0.05) is 5.16 Å². The van der Waals surface area contributed by atoms with Gasteiger partial charge in [0.15, 0.2) is 5.84 Å². The highest BCUT2D eigenvalue weighted by Crippen LogP contribution is 2.32. The maximum Gasteiger partial charge on any atom is 0.315 e. The molecule has 0 spiro atoms. The Kier molecular flexibility index (Phi) is 3.62. The lowest BCUT2D eigenvalue weighted by Crippen LogP contribution is -2.53. The van der Waals surface area contributed by atoms with Crippen LogP contribution in [0.1, 0.15) is 33.6 Å². The second kappa shape index (κ2) is 4.59. The van der Waals surface area contributed by atoms with Crippen molar-refractivity contribution in [3.05, 3.63) is 0 Å². The van der Waals surface area contributed by atoms with Crippen molar-refractivity contribution < 1.29 is 10.0 Å². The summed E-state index contributed by atoms with van der Waals surface area (Å²) in [6, 6.07) is -0.664. The van der Waals surface area contributed by atoms with Gasteiger partial charge in [-0.15, -0.1) is 0 Å². The summed E-state index contributed by atoms with van der Waals surface area (Å²) < 4.78 is 0. The Morgan fingerprint density at radius 2 is 2.06 bits per heavy atom. The van der Waals surface area contributed by atoms with Crippen molar-refractivity contribution in [3.63, 3.8) is 0 Å². The molecule has 0 heterocycles. The predicted molar refractivity (Wildman–Crippen MR) is 61.3 cm³/mol. The highest BCUT2D eigenvalue weighted by Gasteiger charge is 2.35. The Hall–Kier alpha value is -1.46. The van der Waals surface area contributed by atoms with Crippen LogP contribution in [0.4, 0.5) is 4.79 Å². The molecule has 0 saturated heterocycles. The SMILES string of the molecule is CC(C)(C)NC(=O)NC(C(N)=NO)C1CC1. The summed E-state index contributed by atoms with van der Waals surface area (Å²) in [6.45, 7) is 5.67. The van der Waals surface area contributed by atoms with Gasteiger partial charge in [0.2, 0.25) is 0 Å². The van der Waals surface area contributed by atoms with Gasteiger partial charge in [-0.2, -0.15) is 0 Å². The van der Waals surface area contributed by atoms with Crippen molar-refractivity contribution in [2.45, 2.75) is 45.2 Å². The van der Waals surface area contributed by atoms with E-state index in [1.807, 2.05) is 20.8 Å². The monoisotopic (exact) mass is 228 g/mol. The van der Waals surface area contributed by atoms with Crippen LogP contribution in [0.5, 0.6) is 0 Å². The number of hydrogen-bond donors (Lipinski definition) is 4. The molecule has 0 aromatic heterocycles. The number of nitrogens with one attached hydrogen (secondary N) is 2. The first-order chi connectivity index (χ1) is 7.33. The van der Waals surface area contributed by atoms with Crippen LogP contribution in [-0.4, -0.2) is 28.7 Å². The smallest absolute Gasteiger partial charge is 0.315 e. The van der Waals surface area contributed by atoms with Crippen molar-refractivity contribution in [3.8, 4) is 0 Å². The van der Waals surface area contributed by atoms with E-state index in [-0.39, 0.29) is 23.4 Å². The molecular formula is C10H20N4O2. The van der Waals surface area contributed by atoms with Crippen LogP contribution in [0.3, 0.4) is 0 Å². The van der Waals surface area contributed by atoms with E-state index >= 15 is 0 Å². The number of amides is 2.